The van der Waals surface area contributed by atoms with E-state index < -0.39 is 49.0 Å². The molecule has 0 fully saturated rings. The molecule has 0 amide bonds. The summed E-state index contributed by atoms with van der Waals surface area (Å²) in [5, 5.41) is 25.0. The van der Waals surface area contributed by atoms with Gasteiger partial charge < -0.3 is 25.4 Å². The maximum atomic E-state index is 14.2. The number of thioether (sulfide) groups is 1. The first kappa shape index (κ1) is 44.6. The van der Waals surface area contributed by atoms with Gasteiger partial charge in [-0.3, -0.25) is 18.4 Å². The van der Waals surface area contributed by atoms with E-state index in [0.717, 1.165) is 38.6 Å². The Morgan fingerprint density at radius 1 is 0.862 bits per heavy atom. The molecule has 4 atom stereocenters. The lowest BCUT2D eigenvalue weighted by atomic mass is 9.79. The molecule has 58 heavy (non-hydrogen) atoms. The van der Waals surface area contributed by atoms with E-state index in [2.05, 4.69) is 10.1 Å². The molecule has 1 heterocycles. The minimum atomic E-state index is -4.14. The summed E-state index contributed by atoms with van der Waals surface area (Å²) >= 11 is 1.02. The van der Waals surface area contributed by atoms with E-state index in [0.29, 0.717) is 0 Å². The number of anilines is 1. The van der Waals surface area contributed by atoms with Crippen LogP contribution in [0, 0.1) is 5.41 Å². The van der Waals surface area contributed by atoms with Gasteiger partial charge in [0.1, 0.15) is 23.6 Å². The molecule has 1 aromatic heterocycles. The Morgan fingerprint density at radius 3 is 1.88 bits per heavy atom. The van der Waals surface area contributed by atoms with Crippen LogP contribution in [-0.4, -0.2) is 69.8 Å². The molecule has 5 aromatic rings. The lowest BCUT2D eigenvalue weighted by Crippen LogP contribution is -2.54. The number of nitrogens with one attached hydrogen (secondary N) is 1. The third kappa shape index (κ3) is 11.0. The number of nitrogens with zero attached hydrogens (tertiary/aromatic N) is 2. The van der Waals surface area contributed by atoms with Gasteiger partial charge in [0.05, 0.1) is 25.2 Å². The molecule has 5 N–H and O–H groups in total. The number of rotatable bonds is 21. The standard InChI is InChI=1S/C43H51N4O9PS/c1-41(2,31-54-43(33-19-11-6-12-20-33,34-21-13-7-14-22-34)35-23-15-8-16-24-35)39(49)58-28-27-55-57(52,45-29-32-17-9-5-10-18-32)56-30-36(53-4)38(48)42(3,51)47-26-25-37(44)46-40(47)50/h5-26,36,38,48,51H,27-31H2,1-4H3,(H,45,52)(H2,44,46,50)/t36-,38-,42?,57?/m1/s1. The van der Waals surface area contributed by atoms with Crippen LogP contribution in [0.3, 0.4) is 0 Å². The number of carbonyl (C=O) groups is 1. The van der Waals surface area contributed by atoms with Crippen molar-refractivity contribution in [2.45, 2.75) is 50.8 Å². The van der Waals surface area contributed by atoms with E-state index in [1.165, 1.54) is 26.3 Å². The van der Waals surface area contributed by atoms with Gasteiger partial charge in [0.2, 0.25) is 0 Å². The summed E-state index contributed by atoms with van der Waals surface area (Å²) < 4.78 is 38.9. The molecule has 0 spiro atoms. The van der Waals surface area contributed by atoms with Crippen molar-refractivity contribution in [2.75, 3.05) is 38.4 Å². The summed E-state index contributed by atoms with van der Waals surface area (Å²) in [6.45, 7) is 4.34. The van der Waals surface area contributed by atoms with Gasteiger partial charge in [-0.05, 0) is 49.1 Å². The Kier molecular flexibility index (Phi) is 15.4. The molecule has 0 aliphatic carbocycles. The van der Waals surface area contributed by atoms with Crippen LogP contribution < -0.4 is 16.5 Å². The molecular formula is C43H51N4O9PS. The van der Waals surface area contributed by atoms with Crippen molar-refractivity contribution >= 4 is 30.4 Å². The molecule has 0 saturated carbocycles. The van der Waals surface area contributed by atoms with Crippen LogP contribution in [0.2, 0.25) is 0 Å². The topological polar surface area (TPSA) is 184 Å². The van der Waals surface area contributed by atoms with Crippen LogP contribution in [0.25, 0.3) is 0 Å². The van der Waals surface area contributed by atoms with Gasteiger partial charge in [-0.25, -0.2) is 14.4 Å². The Labute approximate surface area is 343 Å². The molecule has 0 aliphatic rings. The van der Waals surface area contributed by atoms with Crippen LogP contribution in [0.15, 0.2) is 138 Å². The zero-order valence-electron chi connectivity index (χ0n) is 33.0. The van der Waals surface area contributed by atoms with E-state index in [9.17, 15) is 24.4 Å². The lowest BCUT2D eigenvalue weighted by Gasteiger charge is -2.38. The van der Waals surface area contributed by atoms with Gasteiger partial charge in [0.25, 0.3) is 0 Å². The first-order valence-electron chi connectivity index (χ1n) is 18.7. The predicted octanol–water partition coefficient (Wildman–Crippen LogP) is 6.09. The predicted molar refractivity (Wildman–Crippen MR) is 225 cm³/mol. The molecule has 0 bridgehead atoms. The largest absolute Gasteiger partial charge is 0.405 e. The van der Waals surface area contributed by atoms with Crippen molar-refractivity contribution in [3.63, 3.8) is 0 Å². The van der Waals surface area contributed by atoms with Gasteiger partial charge in [0.15, 0.2) is 10.8 Å². The first-order valence-corrected chi connectivity index (χ1v) is 21.2. The highest BCUT2D eigenvalue weighted by molar-refractivity contribution is 8.13. The number of ether oxygens (including phenoxy) is 2. The molecule has 15 heteroatoms. The minimum absolute atomic E-state index is 0.0614. The molecule has 2 unspecified atom stereocenters. The molecule has 0 saturated heterocycles. The zero-order valence-corrected chi connectivity index (χ0v) is 34.7. The number of aromatic nitrogens is 2. The van der Waals surface area contributed by atoms with Gasteiger partial charge in [-0.2, -0.15) is 4.98 Å². The second-order valence-corrected chi connectivity index (χ2v) is 17.2. The van der Waals surface area contributed by atoms with Crippen LogP contribution in [0.5, 0.6) is 0 Å². The molecule has 0 aliphatic heterocycles. The normalized spacial score (nSPS) is 15.2. The van der Waals surface area contributed by atoms with Gasteiger partial charge in [-0.1, -0.05) is 133 Å². The lowest BCUT2D eigenvalue weighted by molar-refractivity contribution is -0.177. The molecule has 308 valence electrons. The molecule has 13 nitrogen and oxygen atoms in total. The monoisotopic (exact) mass is 830 g/mol. The second-order valence-electron chi connectivity index (χ2n) is 14.4. The number of hydrogen-bond donors (Lipinski definition) is 4. The average Bonchev–Trinajstić information content (AvgIpc) is 3.23. The third-order valence-electron chi connectivity index (χ3n) is 9.58. The summed E-state index contributed by atoms with van der Waals surface area (Å²) in [7, 11) is -2.88. The Hall–Kier alpha value is -4.47. The van der Waals surface area contributed by atoms with Crippen LogP contribution >= 0.6 is 19.5 Å². The number of hydrogen-bond acceptors (Lipinski definition) is 12. The van der Waals surface area contributed by atoms with E-state index in [-0.39, 0.29) is 36.4 Å². The quantitative estimate of drug-likeness (QED) is 0.0379. The molecular weight excluding hydrogens is 780 g/mol. The number of methoxy groups -OCH3 is 1. The molecule has 0 radical (unpaired) electrons. The fraction of sp³-hybridized carbons (Fsp3) is 0.326. The Morgan fingerprint density at radius 2 is 1.38 bits per heavy atom. The highest BCUT2D eigenvalue weighted by Gasteiger charge is 2.42. The van der Waals surface area contributed by atoms with Gasteiger partial charge in [-0.15, -0.1) is 0 Å². The van der Waals surface area contributed by atoms with Gasteiger partial charge in [0, 0.05) is 25.6 Å². The Bertz CT molecular complexity index is 2060. The minimum Gasteiger partial charge on any atom is -0.385 e. The molecule has 5 rings (SSSR count). The fourth-order valence-corrected chi connectivity index (χ4v) is 8.46. The summed E-state index contributed by atoms with van der Waals surface area (Å²) in [5.41, 5.74) is 4.04. The van der Waals surface area contributed by atoms with Crippen molar-refractivity contribution in [1.29, 1.82) is 0 Å². The highest BCUT2D eigenvalue weighted by Crippen LogP contribution is 2.45. The number of nitrogens with two attached hydrogens (primary N) is 1. The number of carbonyl (C=O) groups excluding carboxylic acids is 1. The summed E-state index contributed by atoms with van der Waals surface area (Å²) in [6, 6.07) is 40.2. The van der Waals surface area contributed by atoms with Crippen LogP contribution in [0.4, 0.5) is 5.82 Å². The summed E-state index contributed by atoms with van der Waals surface area (Å²) in [4.78, 5) is 29.9. The van der Waals surface area contributed by atoms with Crippen molar-refractivity contribution in [3.05, 3.63) is 166 Å². The van der Waals surface area contributed by atoms with E-state index >= 15 is 0 Å². The number of aliphatic hydroxyl groups excluding tert-OH is 1. The highest BCUT2D eigenvalue weighted by atomic mass is 32.2. The van der Waals surface area contributed by atoms with E-state index in [1.807, 2.05) is 135 Å². The van der Waals surface area contributed by atoms with Crippen molar-refractivity contribution in [1.82, 2.24) is 14.6 Å². The van der Waals surface area contributed by atoms with Crippen molar-refractivity contribution in [2.24, 2.45) is 5.41 Å². The molecule has 4 aromatic carbocycles. The van der Waals surface area contributed by atoms with Crippen molar-refractivity contribution in [3.8, 4) is 0 Å². The Balaban J connectivity index is 1.26. The maximum Gasteiger partial charge on any atom is 0.405 e. The average molecular weight is 831 g/mol. The van der Waals surface area contributed by atoms with Gasteiger partial charge >= 0.3 is 13.4 Å². The summed E-state index contributed by atoms with van der Waals surface area (Å²) in [5.74, 6) is 0.0655. The summed E-state index contributed by atoms with van der Waals surface area (Å²) in [6.07, 6.45) is -1.86. The fourth-order valence-electron chi connectivity index (χ4n) is 6.23. The van der Waals surface area contributed by atoms with E-state index in [4.69, 9.17) is 24.3 Å². The van der Waals surface area contributed by atoms with Crippen LogP contribution in [-0.2, 0) is 45.8 Å². The number of nitrogen functional groups attached to an aromatic ring is 1. The van der Waals surface area contributed by atoms with Crippen LogP contribution in [0.1, 0.15) is 43.0 Å². The second kappa shape index (κ2) is 20.0. The number of benzene rings is 4. The zero-order chi connectivity index (χ0) is 41.8. The van der Waals surface area contributed by atoms with E-state index in [1.54, 1.807) is 0 Å². The first-order chi connectivity index (χ1) is 27.7. The number of aliphatic hydroxyl groups is 2. The van der Waals surface area contributed by atoms with Crippen molar-refractivity contribution < 1.29 is 38.1 Å². The maximum absolute atomic E-state index is 14.2. The smallest absolute Gasteiger partial charge is 0.385 e. The SMILES string of the molecule is CO[C@H](COP(=O)(NCc1ccccc1)OCCSC(=O)C(C)(C)COC(c1ccccc1)(c1ccccc1)c1ccccc1)[C@@H](O)C(C)(O)n1ccc(N)nc1=O. The third-order valence-corrected chi connectivity index (χ3v) is 12.3.